The van der Waals surface area contributed by atoms with Gasteiger partial charge in [0.1, 0.15) is 17.7 Å². The number of aromatic nitrogens is 3. The standard InChI is InChI=1S/C29H31F3N6O2/c1-4-37-9-11-38(12-10-37)16-21-7-8-22(15-24(21)29(30,31)32)36-27(39)20-6-5-18(2)25(14-20)40-28-23-13-19(3)35-26(23)33-17-34-28/h5-8,13-15,17H,4,9-12,16H2,1-3H3,(H,36,39)(H,33,34,35). The molecule has 0 atom stereocenters. The lowest BCUT2D eigenvalue weighted by Gasteiger charge is -2.34. The second-order valence-corrected chi connectivity index (χ2v) is 10.0. The van der Waals surface area contributed by atoms with Gasteiger partial charge in [-0.25, -0.2) is 9.97 Å². The van der Waals surface area contributed by atoms with E-state index in [9.17, 15) is 18.0 Å². The number of aryl methyl sites for hydroxylation is 2. The highest BCUT2D eigenvalue weighted by atomic mass is 19.4. The van der Waals surface area contributed by atoms with Gasteiger partial charge in [-0.3, -0.25) is 9.69 Å². The number of aromatic amines is 1. The Morgan fingerprint density at radius 2 is 1.77 bits per heavy atom. The molecule has 210 valence electrons. The summed E-state index contributed by atoms with van der Waals surface area (Å²) in [6.07, 6.45) is -3.17. The van der Waals surface area contributed by atoms with Crippen LogP contribution in [0.2, 0.25) is 0 Å². The van der Waals surface area contributed by atoms with Crippen molar-refractivity contribution in [1.82, 2.24) is 24.8 Å². The van der Waals surface area contributed by atoms with Crippen molar-refractivity contribution in [2.45, 2.75) is 33.5 Å². The Kier molecular flexibility index (Phi) is 7.77. The normalized spacial score (nSPS) is 14.9. The summed E-state index contributed by atoms with van der Waals surface area (Å²) in [5, 5.41) is 3.31. The van der Waals surface area contributed by atoms with Crippen molar-refractivity contribution in [2.24, 2.45) is 0 Å². The minimum atomic E-state index is -4.55. The number of ether oxygens (including phenoxy) is 1. The van der Waals surface area contributed by atoms with E-state index in [1.165, 1.54) is 18.5 Å². The maximum atomic E-state index is 14.0. The van der Waals surface area contributed by atoms with E-state index in [4.69, 9.17) is 4.74 Å². The molecule has 0 spiro atoms. The molecule has 1 aliphatic heterocycles. The molecule has 0 unspecified atom stereocenters. The first-order valence-electron chi connectivity index (χ1n) is 13.2. The zero-order chi connectivity index (χ0) is 28.4. The van der Waals surface area contributed by atoms with Crippen molar-refractivity contribution in [3.63, 3.8) is 0 Å². The molecular formula is C29H31F3N6O2. The van der Waals surface area contributed by atoms with Crippen LogP contribution in [0.5, 0.6) is 11.6 Å². The van der Waals surface area contributed by atoms with Crippen LogP contribution in [0, 0.1) is 13.8 Å². The van der Waals surface area contributed by atoms with Gasteiger partial charge >= 0.3 is 6.18 Å². The zero-order valence-electron chi connectivity index (χ0n) is 22.6. The molecule has 3 heterocycles. The number of H-pyrrole nitrogens is 1. The van der Waals surface area contributed by atoms with Gasteiger partial charge in [0.25, 0.3) is 5.91 Å². The van der Waals surface area contributed by atoms with E-state index in [-0.39, 0.29) is 23.4 Å². The summed E-state index contributed by atoms with van der Waals surface area (Å²) >= 11 is 0. The number of carbonyl (C=O) groups is 1. The molecule has 11 heteroatoms. The third-order valence-electron chi connectivity index (χ3n) is 7.16. The molecule has 1 fully saturated rings. The number of alkyl halides is 3. The molecule has 0 radical (unpaired) electrons. The second-order valence-electron chi connectivity index (χ2n) is 10.0. The predicted octanol–water partition coefficient (Wildman–Crippen LogP) is 5.78. The monoisotopic (exact) mass is 552 g/mol. The lowest BCUT2D eigenvalue weighted by molar-refractivity contribution is -0.138. The molecule has 0 bridgehead atoms. The van der Waals surface area contributed by atoms with Gasteiger partial charge in [-0.05, 0) is 61.9 Å². The molecule has 0 saturated carbocycles. The fourth-order valence-electron chi connectivity index (χ4n) is 4.85. The smallest absolute Gasteiger partial charge is 0.416 e. The highest BCUT2D eigenvalue weighted by Crippen LogP contribution is 2.35. The molecule has 2 N–H and O–H groups in total. The third-order valence-corrected chi connectivity index (χ3v) is 7.16. The lowest BCUT2D eigenvalue weighted by Crippen LogP contribution is -2.45. The number of anilines is 1. The van der Waals surface area contributed by atoms with Gasteiger partial charge in [0, 0.05) is 49.7 Å². The molecule has 8 nitrogen and oxygen atoms in total. The Morgan fingerprint density at radius 3 is 2.50 bits per heavy atom. The number of hydrogen-bond acceptors (Lipinski definition) is 6. The van der Waals surface area contributed by atoms with Gasteiger partial charge < -0.3 is 19.9 Å². The number of benzene rings is 2. The molecule has 1 amide bonds. The number of hydrogen-bond donors (Lipinski definition) is 2. The van der Waals surface area contributed by atoms with Crippen LogP contribution in [0.3, 0.4) is 0 Å². The number of nitrogens with one attached hydrogen (secondary N) is 2. The first kappa shape index (κ1) is 27.6. The topological polar surface area (TPSA) is 86.4 Å². The summed E-state index contributed by atoms with van der Waals surface area (Å²) in [7, 11) is 0. The van der Waals surface area contributed by atoms with Crippen molar-refractivity contribution in [3.05, 3.63) is 76.7 Å². The molecule has 0 aliphatic carbocycles. The Bertz CT molecular complexity index is 1530. The molecule has 5 rings (SSSR count). The number of likely N-dealkylation sites (N-methyl/N-ethyl adjacent to an activating group) is 1. The van der Waals surface area contributed by atoms with Gasteiger partial charge in [-0.2, -0.15) is 13.2 Å². The minimum absolute atomic E-state index is 0.0697. The first-order valence-corrected chi connectivity index (χ1v) is 13.2. The highest BCUT2D eigenvalue weighted by molar-refractivity contribution is 6.04. The van der Waals surface area contributed by atoms with Gasteiger partial charge in [0.2, 0.25) is 5.88 Å². The Labute approximate surface area is 230 Å². The number of piperazine rings is 1. The van der Waals surface area contributed by atoms with Gasteiger partial charge in [0.15, 0.2) is 0 Å². The average molecular weight is 553 g/mol. The van der Waals surface area contributed by atoms with Crippen LogP contribution < -0.4 is 10.1 Å². The summed E-state index contributed by atoms with van der Waals surface area (Å²) in [5.41, 5.74) is 2.04. The SMILES string of the molecule is CCN1CCN(Cc2ccc(NC(=O)c3ccc(C)c(Oc4ncnc5[nH]c(C)cc45)c3)cc2C(F)(F)F)CC1. The largest absolute Gasteiger partial charge is 0.438 e. The predicted molar refractivity (Wildman–Crippen MR) is 147 cm³/mol. The van der Waals surface area contributed by atoms with Crippen molar-refractivity contribution >= 4 is 22.6 Å². The number of nitrogens with zero attached hydrogens (tertiary/aromatic N) is 4. The summed E-state index contributed by atoms with van der Waals surface area (Å²) in [6, 6.07) is 10.7. The summed E-state index contributed by atoms with van der Waals surface area (Å²) < 4.78 is 48.1. The fraction of sp³-hybridized carbons (Fsp3) is 0.345. The van der Waals surface area contributed by atoms with Crippen LogP contribution in [0.1, 0.15) is 39.7 Å². The van der Waals surface area contributed by atoms with Crippen LogP contribution in [-0.2, 0) is 12.7 Å². The van der Waals surface area contributed by atoms with E-state index < -0.39 is 17.6 Å². The Hall–Kier alpha value is -3.96. The average Bonchev–Trinajstić information content (AvgIpc) is 3.31. The van der Waals surface area contributed by atoms with E-state index in [1.54, 1.807) is 18.2 Å². The molecule has 40 heavy (non-hydrogen) atoms. The van der Waals surface area contributed by atoms with Crippen molar-refractivity contribution in [2.75, 3.05) is 38.0 Å². The molecular weight excluding hydrogens is 521 g/mol. The summed E-state index contributed by atoms with van der Waals surface area (Å²) in [6.45, 7) is 10.0. The van der Waals surface area contributed by atoms with E-state index in [0.717, 1.165) is 37.0 Å². The van der Waals surface area contributed by atoms with Crippen LogP contribution >= 0.6 is 0 Å². The second kappa shape index (κ2) is 11.3. The third kappa shape index (κ3) is 6.10. The van der Waals surface area contributed by atoms with E-state index in [2.05, 4.69) is 32.1 Å². The van der Waals surface area contributed by atoms with Crippen LogP contribution in [-0.4, -0.2) is 63.4 Å². The Balaban J connectivity index is 1.34. The molecule has 1 saturated heterocycles. The van der Waals surface area contributed by atoms with Gasteiger partial charge in [0.05, 0.1) is 10.9 Å². The van der Waals surface area contributed by atoms with Crippen molar-refractivity contribution < 1.29 is 22.7 Å². The number of halogens is 3. The number of amides is 1. The number of carbonyl (C=O) groups excluding carboxylic acids is 1. The van der Waals surface area contributed by atoms with Crippen LogP contribution in [0.4, 0.5) is 18.9 Å². The van der Waals surface area contributed by atoms with Crippen molar-refractivity contribution in [3.8, 4) is 11.6 Å². The van der Waals surface area contributed by atoms with Crippen LogP contribution in [0.15, 0.2) is 48.8 Å². The summed E-state index contributed by atoms with van der Waals surface area (Å²) in [4.78, 5) is 28.9. The maximum Gasteiger partial charge on any atom is 0.416 e. The number of rotatable bonds is 7. The molecule has 4 aromatic rings. The molecule has 2 aromatic heterocycles. The molecule has 2 aromatic carbocycles. The lowest BCUT2D eigenvalue weighted by atomic mass is 10.0. The minimum Gasteiger partial charge on any atom is -0.438 e. The van der Waals surface area contributed by atoms with Gasteiger partial charge in [-0.1, -0.05) is 19.1 Å². The maximum absolute atomic E-state index is 14.0. The van der Waals surface area contributed by atoms with Crippen LogP contribution in [0.25, 0.3) is 11.0 Å². The van der Waals surface area contributed by atoms with Gasteiger partial charge in [-0.15, -0.1) is 0 Å². The zero-order valence-corrected chi connectivity index (χ0v) is 22.6. The number of fused-ring (bicyclic) bond motifs is 1. The van der Waals surface area contributed by atoms with E-state index >= 15 is 0 Å². The van der Waals surface area contributed by atoms with E-state index in [0.29, 0.717) is 35.8 Å². The first-order chi connectivity index (χ1) is 19.1. The Morgan fingerprint density at radius 1 is 1.02 bits per heavy atom. The molecule has 1 aliphatic rings. The fourth-order valence-corrected chi connectivity index (χ4v) is 4.85. The quantitative estimate of drug-likeness (QED) is 0.303. The van der Waals surface area contributed by atoms with E-state index in [1.807, 2.05) is 24.8 Å². The van der Waals surface area contributed by atoms with Crippen molar-refractivity contribution in [1.29, 1.82) is 0 Å². The highest BCUT2D eigenvalue weighted by Gasteiger charge is 2.34. The summed E-state index contributed by atoms with van der Waals surface area (Å²) in [5.74, 6) is 0.185.